The van der Waals surface area contributed by atoms with Gasteiger partial charge in [0.1, 0.15) is 6.10 Å². The lowest BCUT2D eigenvalue weighted by molar-refractivity contribution is -0.148. The average Bonchev–Trinajstić information content (AvgIpc) is 3.03. The van der Waals surface area contributed by atoms with Crippen LogP contribution in [0.1, 0.15) is 110 Å². The fourth-order valence-electron chi connectivity index (χ4n) is 3.79. The minimum atomic E-state index is -1.29. The van der Waals surface area contributed by atoms with Crippen molar-refractivity contribution in [3.63, 3.8) is 0 Å². The number of hydrogen-bond acceptors (Lipinski definition) is 6. The number of carbonyl (C=O) groups is 1. The van der Waals surface area contributed by atoms with E-state index in [0.717, 1.165) is 19.3 Å². The van der Waals surface area contributed by atoms with Crippen LogP contribution in [-0.4, -0.2) is 46.7 Å². The molecular formula is C24H44O6. The van der Waals surface area contributed by atoms with E-state index >= 15 is 0 Å². The summed E-state index contributed by atoms with van der Waals surface area (Å²) in [5, 5.41) is 28.4. The van der Waals surface area contributed by atoms with Crippen LogP contribution in [0.15, 0.2) is 11.5 Å². The van der Waals surface area contributed by atoms with Crippen LogP contribution in [0.4, 0.5) is 0 Å². The van der Waals surface area contributed by atoms with E-state index in [2.05, 4.69) is 6.92 Å². The molecule has 6 nitrogen and oxygen atoms in total. The van der Waals surface area contributed by atoms with Gasteiger partial charge in [0.15, 0.2) is 11.9 Å². The molecule has 1 heterocycles. The van der Waals surface area contributed by atoms with Gasteiger partial charge in [0, 0.05) is 0 Å². The summed E-state index contributed by atoms with van der Waals surface area (Å²) in [6, 6.07) is 0. The van der Waals surface area contributed by atoms with Gasteiger partial charge in [0.25, 0.3) is 0 Å². The van der Waals surface area contributed by atoms with Gasteiger partial charge >= 0.3 is 5.97 Å². The molecule has 0 bridgehead atoms. The van der Waals surface area contributed by atoms with Gasteiger partial charge in [-0.3, -0.25) is 0 Å². The lowest BCUT2D eigenvalue weighted by Gasteiger charge is -2.18. The van der Waals surface area contributed by atoms with Crippen LogP contribution in [0.3, 0.4) is 0 Å². The summed E-state index contributed by atoms with van der Waals surface area (Å²) >= 11 is 0. The van der Waals surface area contributed by atoms with E-state index < -0.39 is 30.5 Å². The Bertz CT molecular complexity index is 476. The maximum Gasteiger partial charge on any atom is 0.378 e. The molecule has 1 aliphatic rings. The largest absolute Gasteiger partial charge is 0.499 e. The molecule has 0 aliphatic carbocycles. The van der Waals surface area contributed by atoms with E-state index in [1.54, 1.807) is 0 Å². The monoisotopic (exact) mass is 428 g/mol. The predicted molar refractivity (Wildman–Crippen MR) is 118 cm³/mol. The summed E-state index contributed by atoms with van der Waals surface area (Å²) in [6.45, 7) is 2.04. The molecule has 1 rings (SSSR count). The molecule has 0 aromatic carbocycles. The van der Waals surface area contributed by atoms with Crippen molar-refractivity contribution < 1.29 is 29.6 Å². The lowest BCUT2D eigenvalue weighted by atomic mass is 10.0. The number of ether oxygens (including phenoxy) is 2. The molecule has 0 fully saturated rings. The Morgan fingerprint density at radius 3 is 1.70 bits per heavy atom. The number of esters is 1. The molecule has 6 heteroatoms. The molecule has 0 saturated heterocycles. The molecule has 176 valence electrons. The number of cyclic esters (lactones) is 1. The van der Waals surface area contributed by atoms with Crippen LogP contribution in [0.2, 0.25) is 0 Å². The number of unbranched alkanes of at least 4 members (excludes halogenated alkanes) is 15. The van der Waals surface area contributed by atoms with Gasteiger partial charge in [-0.15, -0.1) is 0 Å². The minimum Gasteiger partial charge on any atom is -0.499 e. The fraction of sp³-hybridized carbons (Fsp3) is 0.875. The van der Waals surface area contributed by atoms with E-state index in [9.17, 15) is 15.0 Å². The first-order chi connectivity index (χ1) is 14.6. The lowest BCUT2D eigenvalue weighted by Crippen LogP contribution is -2.32. The molecule has 0 spiro atoms. The molecule has 2 atom stereocenters. The van der Waals surface area contributed by atoms with Crippen molar-refractivity contribution in [2.75, 3.05) is 13.2 Å². The van der Waals surface area contributed by atoms with Crippen molar-refractivity contribution in [3.05, 3.63) is 11.5 Å². The van der Waals surface area contributed by atoms with Crippen molar-refractivity contribution in [2.24, 2.45) is 0 Å². The van der Waals surface area contributed by atoms with E-state index in [4.69, 9.17) is 14.6 Å². The van der Waals surface area contributed by atoms with Crippen molar-refractivity contribution in [3.8, 4) is 0 Å². The van der Waals surface area contributed by atoms with Crippen LogP contribution < -0.4 is 0 Å². The number of aliphatic hydroxyl groups excluding tert-OH is 3. The number of carbonyl (C=O) groups excluding carboxylic acids is 1. The Balaban J connectivity index is 1.90. The van der Waals surface area contributed by atoms with Crippen LogP contribution >= 0.6 is 0 Å². The van der Waals surface area contributed by atoms with Gasteiger partial charge in [0.2, 0.25) is 5.76 Å². The maximum absolute atomic E-state index is 11.4. The zero-order valence-corrected chi connectivity index (χ0v) is 18.9. The van der Waals surface area contributed by atoms with Gasteiger partial charge in [-0.05, 0) is 6.42 Å². The van der Waals surface area contributed by atoms with Gasteiger partial charge in [-0.25, -0.2) is 4.79 Å². The zero-order chi connectivity index (χ0) is 22.0. The first-order valence-corrected chi connectivity index (χ1v) is 12.2. The average molecular weight is 429 g/mol. The number of rotatable bonds is 20. The second-order valence-electron chi connectivity index (χ2n) is 8.44. The first-order valence-electron chi connectivity index (χ1n) is 12.2. The molecular weight excluding hydrogens is 384 g/mol. The van der Waals surface area contributed by atoms with Crippen LogP contribution in [0.25, 0.3) is 0 Å². The van der Waals surface area contributed by atoms with Crippen LogP contribution in [0.5, 0.6) is 0 Å². The highest BCUT2D eigenvalue weighted by Gasteiger charge is 2.40. The Kier molecular flexibility index (Phi) is 15.5. The van der Waals surface area contributed by atoms with Crippen molar-refractivity contribution >= 4 is 5.97 Å². The van der Waals surface area contributed by atoms with Crippen LogP contribution in [-0.2, 0) is 14.3 Å². The molecule has 3 N–H and O–H groups in total. The highest BCUT2D eigenvalue weighted by atomic mass is 16.6. The van der Waals surface area contributed by atoms with E-state index in [1.807, 2.05) is 0 Å². The Morgan fingerprint density at radius 1 is 0.833 bits per heavy atom. The SMILES string of the molecule is CCCCCCCCCCCCCCCCCCOC1=C(O)C(=O)O[C@@H]1[C@@H](O)CO. The quantitative estimate of drug-likeness (QED) is 0.180. The van der Waals surface area contributed by atoms with E-state index in [0.29, 0.717) is 6.61 Å². The summed E-state index contributed by atoms with van der Waals surface area (Å²) < 4.78 is 10.3. The molecule has 0 aromatic heterocycles. The second-order valence-corrected chi connectivity index (χ2v) is 8.44. The minimum absolute atomic E-state index is 0.0671. The smallest absolute Gasteiger partial charge is 0.378 e. The van der Waals surface area contributed by atoms with Gasteiger partial charge in [-0.2, -0.15) is 0 Å². The highest BCUT2D eigenvalue weighted by Crippen LogP contribution is 2.25. The standard InChI is InChI=1S/C24H44O6/c1-2-3-4-5-6-7-8-9-10-11-12-13-14-15-16-17-18-29-23-21(27)24(28)30-22(23)20(26)19-25/h20,22,25-27H,2-19H2,1H3/t20-,22+/m0/s1. The van der Waals surface area contributed by atoms with Crippen molar-refractivity contribution in [1.82, 2.24) is 0 Å². The topological polar surface area (TPSA) is 96.2 Å². The molecule has 30 heavy (non-hydrogen) atoms. The molecule has 1 aliphatic heterocycles. The third kappa shape index (κ3) is 11.2. The number of hydrogen-bond donors (Lipinski definition) is 3. The van der Waals surface area contributed by atoms with Crippen LogP contribution in [0, 0.1) is 0 Å². The fourth-order valence-corrected chi connectivity index (χ4v) is 3.79. The number of aliphatic hydroxyl groups is 3. The maximum atomic E-state index is 11.4. The normalized spacial score (nSPS) is 17.4. The summed E-state index contributed by atoms with van der Waals surface area (Å²) in [5.74, 6) is -1.60. The molecule has 0 aromatic rings. The zero-order valence-electron chi connectivity index (χ0n) is 18.9. The van der Waals surface area contributed by atoms with E-state index in [-0.39, 0.29) is 5.76 Å². The Morgan fingerprint density at radius 2 is 1.27 bits per heavy atom. The summed E-state index contributed by atoms with van der Waals surface area (Å²) in [7, 11) is 0. The van der Waals surface area contributed by atoms with Crippen molar-refractivity contribution in [2.45, 2.75) is 122 Å². The highest BCUT2D eigenvalue weighted by molar-refractivity contribution is 5.89. The van der Waals surface area contributed by atoms with Gasteiger partial charge in [-0.1, -0.05) is 103 Å². The first kappa shape index (κ1) is 26.8. The van der Waals surface area contributed by atoms with E-state index in [1.165, 1.54) is 83.5 Å². The second kappa shape index (κ2) is 17.4. The summed E-state index contributed by atoms with van der Waals surface area (Å²) in [5.41, 5.74) is 0. The summed E-state index contributed by atoms with van der Waals surface area (Å²) in [4.78, 5) is 11.4. The third-order valence-corrected chi connectivity index (χ3v) is 5.71. The van der Waals surface area contributed by atoms with Gasteiger partial charge in [0.05, 0.1) is 13.2 Å². The molecule has 0 unspecified atom stereocenters. The third-order valence-electron chi connectivity index (χ3n) is 5.71. The predicted octanol–water partition coefficient (Wildman–Crippen LogP) is 5.31. The summed E-state index contributed by atoms with van der Waals surface area (Å²) in [6.07, 6.45) is 18.2. The molecule has 0 radical (unpaired) electrons. The molecule has 0 saturated carbocycles. The van der Waals surface area contributed by atoms with Crippen molar-refractivity contribution in [1.29, 1.82) is 0 Å². The molecule has 0 amide bonds. The Labute approximate surface area is 182 Å². The van der Waals surface area contributed by atoms with Gasteiger partial charge < -0.3 is 24.8 Å². The Hall–Kier alpha value is -1.27.